The largest absolute Gasteiger partial charge is 0.376 e. The van der Waals surface area contributed by atoms with E-state index in [0.717, 1.165) is 40.0 Å². The van der Waals surface area contributed by atoms with Gasteiger partial charge in [0.1, 0.15) is 5.82 Å². The van der Waals surface area contributed by atoms with Gasteiger partial charge in [-0.2, -0.15) is 5.10 Å². The second kappa shape index (κ2) is 8.94. The zero-order valence-corrected chi connectivity index (χ0v) is 17.5. The SMILES string of the molecule is Fc1cccc(C=Nn2c(-c3ccc(Br)cc3)csc2=NCC2CCCO2)c1. The quantitative estimate of drug-likeness (QED) is 0.490. The third kappa shape index (κ3) is 4.66. The number of hydrogen-bond donors (Lipinski definition) is 0. The van der Waals surface area contributed by atoms with Gasteiger partial charge in [-0.3, -0.25) is 4.99 Å². The molecule has 0 radical (unpaired) electrons. The lowest BCUT2D eigenvalue weighted by molar-refractivity contribution is 0.117. The molecule has 2 aromatic carbocycles. The van der Waals surface area contributed by atoms with Gasteiger partial charge >= 0.3 is 0 Å². The molecule has 0 bridgehead atoms. The fraction of sp³-hybridized carbons (Fsp3) is 0.238. The first-order chi connectivity index (χ1) is 13.7. The molecule has 1 aliphatic heterocycles. The summed E-state index contributed by atoms with van der Waals surface area (Å²) in [6.45, 7) is 1.43. The number of thiazole rings is 1. The molecule has 4 rings (SSSR count). The maximum absolute atomic E-state index is 13.5. The number of ether oxygens (including phenoxy) is 1. The van der Waals surface area contributed by atoms with Crippen LogP contribution in [0, 0.1) is 5.82 Å². The van der Waals surface area contributed by atoms with Gasteiger partial charge in [0.05, 0.1) is 24.6 Å². The average molecular weight is 460 g/mol. The number of benzene rings is 2. The average Bonchev–Trinajstić information content (AvgIpc) is 3.35. The highest BCUT2D eigenvalue weighted by Crippen LogP contribution is 2.22. The van der Waals surface area contributed by atoms with E-state index in [2.05, 4.69) is 21.0 Å². The van der Waals surface area contributed by atoms with Gasteiger partial charge in [-0.15, -0.1) is 11.3 Å². The summed E-state index contributed by atoms with van der Waals surface area (Å²) in [6, 6.07) is 14.4. The van der Waals surface area contributed by atoms with Crippen LogP contribution in [0.2, 0.25) is 0 Å². The summed E-state index contributed by atoms with van der Waals surface area (Å²) < 4.78 is 22.0. The van der Waals surface area contributed by atoms with Crippen LogP contribution in [0.3, 0.4) is 0 Å². The van der Waals surface area contributed by atoms with Gasteiger partial charge in [-0.05, 0) is 42.7 Å². The van der Waals surface area contributed by atoms with Gasteiger partial charge in [-0.25, -0.2) is 9.07 Å². The van der Waals surface area contributed by atoms with E-state index >= 15 is 0 Å². The highest BCUT2D eigenvalue weighted by atomic mass is 79.9. The van der Waals surface area contributed by atoms with E-state index in [1.807, 2.05) is 40.4 Å². The Morgan fingerprint density at radius 3 is 2.86 bits per heavy atom. The second-order valence-corrected chi connectivity index (χ2v) is 8.25. The summed E-state index contributed by atoms with van der Waals surface area (Å²) in [5, 5.41) is 6.65. The maximum Gasteiger partial charge on any atom is 0.206 e. The molecule has 28 heavy (non-hydrogen) atoms. The summed E-state index contributed by atoms with van der Waals surface area (Å²) in [5.41, 5.74) is 2.68. The van der Waals surface area contributed by atoms with Crippen LogP contribution < -0.4 is 4.80 Å². The molecule has 0 amide bonds. The minimum atomic E-state index is -0.282. The van der Waals surface area contributed by atoms with Crippen molar-refractivity contribution in [2.45, 2.75) is 18.9 Å². The molecular weight excluding hydrogens is 441 g/mol. The van der Waals surface area contributed by atoms with Crippen molar-refractivity contribution >= 4 is 33.5 Å². The van der Waals surface area contributed by atoms with Crippen LogP contribution in [0.1, 0.15) is 18.4 Å². The highest BCUT2D eigenvalue weighted by Gasteiger charge is 2.15. The van der Waals surface area contributed by atoms with Crippen LogP contribution >= 0.6 is 27.3 Å². The van der Waals surface area contributed by atoms with Crippen molar-refractivity contribution in [1.29, 1.82) is 0 Å². The van der Waals surface area contributed by atoms with Gasteiger partial charge in [0.2, 0.25) is 4.80 Å². The van der Waals surface area contributed by atoms with Crippen LogP contribution in [0.25, 0.3) is 11.3 Å². The zero-order chi connectivity index (χ0) is 19.3. The van der Waals surface area contributed by atoms with E-state index in [9.17, 15) is 4.39 Å². The number of hydrogen-bond acceptors (Lipinski definition) is 4. The summed E-state index contributed by atoms with van der Waals surface area (Å²) in [5.74, 6) is -0.282. The molecule has 1 aromatic heterocycles. The van der Waals surface area contributed by atoms with E-state index in [4.69, 9.17) is 9.73 Å². The van der Waals surface area contributed by atoms with Crippen LogP contribution in [-0.4, -0.2) is 30.1 Å². The summed E-state index contributed by atoms with van der Waals surface area (Å²) >= 11 is 5.01. The Kier molecular flexibility index (Phi) is 6.14. The summed E-state index contributed by atoms with van der Waals surface area (Å²) in [4.78, 5) is 5.53. The van der Waals surface area contributed by atoms with E-state index in [1.54, 1.807) is 12.3 Å². The van der Waals surface area contributed by atoms with Gasteiger partial charge in [0.15, 0.2) is 0 Å². The predicted molar refractivity (Wildman–Crippen MR) is 114 cm³/mol. The number of halogens is 2. The third-order valence-corrected chi connectivity index (χ3v) is 5.83. The summed E-state index contributed by atoms with van der Waals surface area (Å²) in [6.07, 6.45) is 3.97. The van der Waals surface area contributed by atoms with Gasteiger partial charge < -0.3 is 4.74 Å². The van der Waals surface area contributed by atoms with Crippen LogP contribution in [-0.2, 0) is 4.74 Å². The normalized spacial score (nSPS) is 17.6. The molecular formula is C21H19BrFN3OS. The Balaban J connectivity index is 1.71. The molecule has 3 aromatic rings. The molecule has 2 heterocycles. The molecule has 1 aliphatic rings. The van der Waals surface area contributed by atoms with E-state index < -0.39 is 0 Å². The standard InChI is InChI=1S/C21H19BrFN3OS/c22-17-8-6-16(7-9-17)20-14-28-21(24-13-19-5-2-10-27-19)26(20)25-12-15-3-1-4-18(23)11-15/h1,3-4,6-9,11-12,14,19H,2,5,10,13H2. The fourth-order valence-electron chi connectivity index (χ4n) is 3.02. The van der Waals surface area contributed by atoms with Crippen molar-refractivity contribution < 1.29 is 9.13 Å². The third-order valence-electron chi connectivity index (χ3n) is 4.45. The topological polar surface area (TPSA) is 38.9 Å². The molecule has 4 nitrogen and oxygen atoms in total. The Morgan fingerprint density at radius 1 is 1.25 bits per heavy atom. The molecule has 1 atom stereocenters. The molecule has 144 valence electrons. The minimum Gasteiger partial charge on any atom is -0.376 e. The second-order valence-electron chi connectivity index (χ2n) is 6.50. The fourth-order valence-corrected chi connectivity index (χ4v) is 4.13. The Morgan fingerprint density at radius 2 is 2.11 bits per heavy atom. The molecule has 7 heteroatoms. The number of rotatable bonds is 5. The van der Waals surface area contributed by atoms with Gasteiger partial charge in [-0.1, -0.05) is 40.2 Å². The summed E-state index contributed by atoms with van der Waals surface area (Å²) in [7, 11) is 0. The van der Waals surface area contributed by atoms with Gasteiger partial charge in [0.25, 0.3) is 0 Å². The lowest BCUT2D eigenvalue weighted by atomic mass is 10.2. The van der Waals surface area contributed by atoms with Gasteiger partial charge in [0, 0.05) is 22.0 Å². The Labute approximate surface area is 175 Å². The van der Waals surface area contributed by atoms with Crippen molar-refractivity contribution in [3.63, 3.8) is 0 Å². The Hall–Kier alpha value is -2.09. The molecule has 0 saturated carbocycles. The zero-order valence-electron chi connectivity index (χ0n) is 15.1. The molecule has 1 fully saturated rings. The van der Waals surface area contributed by atoms with Crippen LogP contribution in [0.4, 0.5) is 4.39 Å². The van der Waals surface area contributed by atoms with Crippen molar-refractivity contribution in [3.8, 4) is 11.3 Å². The first-order valence-corrected chi connectivity index (χ1v) is 10.7. The van der Waals surface area contributed by atoms with Crippen LogP contribution in [0.15, 0.2) is 68.5 Å². The van der Waals surface area contributed by atoms with E-state index in [1.165, 1.54) is 23.5 Å². The lowest BCUT2D eigenvalue weighted by Gasteiger charge is -2.06. The molecule has 0 N–H and O–H groups in total. The van der Waals surface area contributed by atoms with Crippen molar-refractivity contribution in [3.05, 3.63) is 74.6 Å². The molecule has 1 saturated heterocycles. The maximum atomic E-state index is 13.5. The lowest BCUT2D eigenvalue weighted by Crippen LogP contribution is -2.17. The Bertz CT molecular complexity index is 1040. The molecule has 1 unspecified atom stereocenters. The van der Waals surface area contributed by atoms with Crippen molar-refractivity contribution in [1.82, 2.24) is 4.68 Å². The monoisotopic (exact) mass is 459 g/mol. The molecule has 0 aliphatic carbocycles. The van der Waals surface area contributed by atoms with E-state index in [0.29, 0.717) is 12.1 Å². The van der Waals surface area contributed by atoms with E-state index in [-0.39, 0.29) is 11.9 Å². The van der Waals surface area contributed by atoms with Crippen molar-refractivity contribution in [2.75, 3.05) is 13.2 Å². The van der Waals surface area contributed by atoms with Crippen LogP contribution in [0.5, 0.6) is 0 Å². The first-order valence-electron chi connectivity index (χ1n) is 9.07. The highest BCUT2D eigenvalue weighted by molar-refractivity contribution is 9.10. The molecule has 0 spiro atoms. The van der Waals surface area contributed by atoms with Crippen molar-refractivity contribution in [2.24, 2.45) is 10.1 Å². The minimum absolute atomic E-state index is 0.180. The smallest absolute Gasteiger partial charge is 0.206 e. The predicted octanol–water partition coefficient (Wildman–Crippen LogP) is 5.08. The number of nitrogens with zero attached hydrogens (tertiary/aromatic N) is 3. The number of aromatic nitrogens is 1. The first kappa shape index (κ1) is 19.2.